The minimum absolute atomic E-state index is 0.217. The molecule has 1 N–H and O–H groups in total. The molecule has 0 atom stereocenters. The molecule has 3 nitrogen and oxygen atoms in total. The van der Waals surface area contributed by atoms with Gasteiger partial charge in [0, 0.05) is 0 Å². The molecule has 0 unspecified atom stereocenters. The number of carboxylic acid groups (broad SMARTS) is 1. The predicted molar refractivity (Wildman–Crippen MR) is 48.4 cm³/mol. The molecule has 64 valence electrons. The maximum atomic E-state index is 10.6. The van der Waals surface area contributed by atoms with Crippen LogP contribution >= 0.6 is 23.1 Å². The highest BCUT2D eigenvalue weighted by molar-refractivity contribution is 8.00. The minimum Gasteiger partial charge on any atom is -0.478 e. The van der Waals surface area contributed by atoms with Gasteiger partial charge in [-0.15, -0.1) is 23.1 Å². The van der Waals surface area contributed by atoms with E-state index in [4.69, 9.17) is 5.11 Å². The van der Waals surface area contributed by atoms with Gasteiger partial charge in [-0.3, -0.25) is 4.79 Å². The number of thiophene rings is 1. The lowest BCUT2D eigenvalue weighted by molar-refractivity contribution is 0.0694. The van der Waals surface area contributed by atoms with Crippen LogP contribution in [0.1, 0.15) is 20.0 Å². The van der Waals surface area contributed by atoms with Crippen molar-refractivity contribution >= 4 is 35.4 Å². The summed E-state index contributed by atoms with van der Waals surface area (Å²) in [4.78, 5) is 21.4. The summed E-state index contributed by atoms with van der Waals surface area (Å²) in [7, 11) is 0. The Morgan fingerprint density at radius 1 is 1.75 bits per heavy atom. The van der Waals surface area contributed by atoms with E-state index < -0.39 is 5.97 Å². The summed E-state index contributed by atoms with van der Waals surface area (Å²) < 4.78 is 0.671. The van der Waals surface area contributed by atoms with Crippen LogP contribution in [0.2, 0.25) is 0 Å². The van der Waals surface area contributed by atoms with Gasteiger partial charge in [-0.05, 0) is 12.3 Å². The largest absolute Gasteiger partial charge is 0.478 e. The van der Waals surface area contributed by atoms with Crippen LogP contribution < -0.4 is 0 Å². The summed E-state index contributed by atoms with van der Waals surface area (Å²) >= 11 is 2.54. The smallest absolute Gasteiger partial charge is 0.337 e. The van der Waals surface area contributed by atoms with E-state index in [1.165, 1.54) is 29.2 Å². The van der Waals surface area contributed by atoms with E-state index >= 15 is 0 Å². The Kier molecular flexibility index (Phi) is 2.88. The molecule has 1 aromatic heterocycles. The number of rotatable bonds is 3. The Labute approximate surface area is 77.4 Å². The molecule has 1 heterocycles. The molecule has 0 fully saturated rings. The molecule has 12 heavy (non-hydrogen) atoms. The van der Waals surface area contributed by atoms with Crippen molar-refractivity contribution in [2.24, 2.45) is 0 Å². The fourth-order valence-electron chi connectivity index (χ4n) is 0.751. The molecule has 0 aliphatic rings. The summed E-state index contributed by atoms with van der Waals surface area (Å²) in [5, 5.41) is 8.68. The quantitative estimate of drug-likeness (QED) is 0.601. The average Bonchev–Trinajstić information content (AvgIpc) is 2.47. The van der Waals surface area contributed by atoms with Crippen LogP contribution in [0.15, 0.2) is 10.3 Å². The van der Waals surface area contributed by atoms with Crippen molar-refractivity contribution in [1.82, 2.24) is 0 Å². The van der Waals surface area contributed by atoms with Gasteiger partial charge in [0.15, 0.2) is 6.29 Å². The van der Waals surface area contributed by atoms with Gasteiger partial charge in [-0.25, -0.2) is 4.79 Å². The molecule has 0 aliphatic carbocycles. The van der Waals surface area contributed by atoms with Crippen LogP contribution in [0.5, 0.6) is 0 Å². The van der Waals surface area contributed by atoms with Crippen molar-refractivity contribution in [3.05, 3.63) is 16.5 Å². The van der Waals surface area contributed by atoms with Crippen molar-refractivity contribution in [2.45, 2.75) is 4.21 Å². The predicted octanol–water partition coefficient (Wildman–Crippen LogP) is 1.98. The van der Waals surface area contributed by atoms with E-state index in [9.17, 15) is 9.59 Å². The molecule has 0 aromatic carbocycles. The van der Waals surface area contributed by atoms with Gasteiger partial charge in [-0.1, -0.05) is 0 Å². The number of carbonyl (C=O) groups is 2. The van der Waals surface area contributed by atoms with Gasteiger partial charge in [0.25, 0.3) is 0 Å². The highest BCUT2D eigenvalue weighted by Crippen LogP contribution is 2.29. The number of carboxylic acids is 1. The first kappa shape index (κ1) is 9.28. The van der Waals surface area contributed by atoms with Crippen LogP contribution in [-0.2, 0) is 0 Å². The monoisotopic (exact) mass is 202 g/mol. The number of aromatic carboxylic acids is 1. The third kappa shape index (κ3) is 1.67. The summed E-state index contributed by atoms with van der Waals surface area (Å²) in [5.41, 5.74) is 0.217. The Hall–Kier alpha value is -0.810. The molecule has 0 bridgehead atoms. The van der Waals surface area contributed by atoms with E-state index in [1.54, 1.807) is 6.26 Å². The standard InChI is InChI=1S/C7H6O3S2/c1-11-7-5(6(9)10)2-4(3-8)12-7/h2-3H,1H3,(H,9,10). The minimum atomic E-state index is -0.983. The van der Waals surface area contributed by atoms with Gasteiger partial charge < -0.3 is 5.11 Å². The molecule has 0 amide bonds. The Morgan fingerprint density at radius 2 is 2.42 bits per heavy atom. The summed E-state index contributed by atoms with van der Waals surface area (Å²) in [6.45, 7) is 0. The van der Waals surface area contributed by atoms with Crippen molar-refractivity contribution in [2.75, 3.05) is 6.26 Å². The zero-order valence-corrected chi connectivity index (χ0v) is 7.87. The van der Waals surface area contributed by atoms with E-state index in [0.717, 1.165) is 0 Å². The van der Waals surface area contributed by atoms with Crippen LogP contribution in [0.4, 0.5) is 0 Å². The molecule has 0 radical (unpaired) electrons. The molecule has 5 heteroatoms. The second-order valence-corrected chi connectivity index (χ2v) is 4.14. The second kappa shape index (κ2) is 3.73. The summed E-state index contributed by atoms with van der Waals surface area (Å²) in [6, 6.07) is 1.39. The van der Waals surface area contributed by atoms with Crippen molar-refractivity contribution in [3.63, 3.8) is 0 Å². The first-order valence-electron chi connectivity index (χ1n) is 3.05. The average molecular weight is 202 g/mol. The fraction of sp³-hybridized carbons (Fsp3) is 0.143. The SMILES string of the molecule is CSc1sc(C=O)cc1C(=O)O. The van der Waals surface area contributed by atoms with E-state index in [2.05, 4.69) is 0 Å². The summed E-state index contributed by atoms with van der Waals surface area (Å²) in [5.74, 6) is -0.983. The number of hydrogen-bond acceptors (Lipinski definition) is 4. The topological polar surface area (TPSA) is 54.4 Å². The maximum Gasteiger partial charge on any atom is 0.337 e. The van der Waals surface area contributed by atoms with Gasteiger partial charge >= 0.3 is 5.97 Å². The van der Waals surface area contributed by atoms with Crippen molar-refractivity contribution in [3.8, 4) is 0 Å². The molecular weight excluding hydrogens is 196 g/mol. The highest BCUT2D eigenvalue weighted by Gasteiger charge is 2.13. The van der Waals surface area contributed by atoms with E-state index in [1.807, 2.05) is 0 Å². The summed E-state index contributed by atoms with van der Waals surface area (Å²) in [6.07, 6.45) is 2.45. The third-order valence-electron chi connectivity index (χ3n) is 1.25. The van der Waals surface area contributed by atoms with E-state index in [-0.39, 0.29) is 5.56 Å². The molecule has 1 aromatic rings. The van der Waals surface area contributed by atoms with Gasteiger partial charge in [0.05, 0.1) is 14.6 Å². The number of thioether (sulfide) groups is 1. The first-order chi connectivity index (χ1) is 5.69. The van der Waals surface area contributed by atoms with Crippen LogP contribution in [0, 0.1) is 0 Å². The lowest BCUT2D eigenvalue weighted by Crippen LogP contribution is -1.94. The van der Waals surface area contributed by atoms with Crippen molar-refractivity contribution < 1.29 is 14.7 Å². The molecule has 0 aliphatic heterocycles. The molecule has 0 spiro atoms. The van der Waals surface area contributed by atoms with Gasteiger partial charge in [0.1, 0.15) is 0 Å². The number of aldehydes is 1. The first-order valence-corrected chi connectivity index (χ1v) is 5.09. The van der Waals surface area contributed by atoms with Gasteiger partial charge in [0.2, 0.25) is 0 Å². The number of carbonyl (C=O) groups excluding carboxylic acids is 1. The number of hydrogen-bond donors (Lipinski definition) is 1. The van der Waals surface area contributed by atoms with Crippen LogP contribution in [0.3, 0.4) is 0 Å². The zero-order valence-electron chi connectivity index (χ0n) is 6.23. The van der Waals surface area contributed by atoms with Crippen molar-refractivity contribution in [1.29, 1.82) is 0 Å². The highest BCUT2D eigenvalue weighted by atomic mass is 32.2. The van der Waals surface area contributed by atoms with E-state index in [0.29, 0.717) is 15.4 Å². The molecule has 0 saturated carbocycles. The normalized spacial score (nSPS) is 9.75. The van der Waals surface area contributed by atoms with Crippen LogP contribution in [-0.4, -0.2) is 23.6 Å². The van der Waals surface area contributed by atoms with Gasteiger partial charge in [-0.2, -0.15) is 0 Å². The molecule has 0 saturated heterocycles. The Balaban J connectivity index is 3.16. The Morgan fingerprint density at radius 3 is 2.75 bits per heavy atom. The second-order valence-electron chi connectivity index (χ2n) is 1.98. The maximum absolute atomic E-state index is 10.6. The zero-order chi connectivity index (χ0) is 9.14. The Bertz CT molecular complexity index is 316. The fourth-order valence-corrected chi connectivity index (χ4v) is 2.43. The molecule has 1 rings (SSSR count). The van der Waals surface area contributed by atoms with Crippen LogP contribution in [0.25, 0.3) is 0 Å². The third-order valence-corrected chi connectivity index (χ3v) is 3.44. The lowest BCUT2D eigenvalue weighted by Gasteiger charge is -1.90. The molecular formula is C7H6O3S2. The lowest BCUT2D eigenvalue weighted by atomic mass is 10.3.